The number of likely N-dealkylation sites (N-methyl/N-ethyl adjacent to an activating group) is 1. The van der Waals surface area contributed by atoms with Crippen LogP contribution in [0.5, 0.6) is 0 Å². The van der Waals surface area contributed by atoms with Crippen LogP contribution in [0, 0.1) is 5.92 Å². The molecule has 0 bridgehead atoms. The molecule has 1 aliphatic heterocycles. The number of hydrogen-bond acceptors (Lipinski definition) is 2. The first-order chi connectivity index (χ1) is 11.6. The molecule has 4 heteroatoms. The summed E-state index contributed by atoms with van der Waals surface area (Å²) < 4.78 is 0. The van der Waals surface area contributed by atoms with Gasteiger partial charge in [-0.3, -0.25) is 9.69 Å². The lowest BCUT2D eigenvalue weighted by molar-refractivity contribution is -0.121. The molecule has 0 saturated heterocycles. The molecule has 0 spiro atoms. The number of amides is 1. The lowest BCUT2D eigenvalue weighted by atomic mass is 9.86. The number of rotatable bonds is 5. The maximum Gasteiger partial charge on any atom is 0.220 e. The number of nitrogens with one attached hydrogen (secondary N) is 1. The molecule has 1 fully saturated rings. The van der Waals surface area contributed by atoms with Crippen LogP contribution in [-0.4, -0.2) is 30.4 Å². The molecule has 3 nitrogen and oxygen atoms in total. The second-order valence-electron chi connectivity index (χ2n) is 7.53. The normalized spacial score (nSPS) is 22.2. The molecule has 1 aromatic rings. The van der Waals surface area contributed by atoms with Crippen molar-refractivity contribution < 1.29 is 4.79 Å². The van der Waals surface area contributed by atoms with Gasteiger partial charge in [-0.25, -0.2) is 0 Å². The number of carbonyl (C=O) groups excluding carboxylic acids is 1. The summed E-state index contributed by atoms with van der Waals surface area (Å²) in [6.07, 6.45) is 9.40. The van der Waals surface area contributed by atoms with Crippen LogP contribution in [0.4, 0.5) is 0 Å². The van der Waals surface area contributed by atoms with Crippen LogP contribution in [0.3, 0.4) is 0 Å². The third-order valence-electron chi connectivity index (χ3n) is 5.71. The zero-order chi connectivity index (χ0) is 16.9. The van der Waals surface area contributed by atoms with E-state index in [-0.39, 0.29) is 5.91 Å². The minimum atomic E-state index is 0.214. The third-order valence-corrected chi connectivity index (χ3v) is 5.94. The van der Waals surface area contributed by atoms with Gasteiger partial charge in [-0.2, -0.15) is 0 Å². The summed E-state index contributed by atoms with van der Waals surface area (Å²) >= 11 is 6.12. The molecule has 0 unspecified atom stereocenters. The molecule has 2 aliphatic rings. The summed E-state index contributed by atoms with van der Waals surface area (Å²) in [5.41, 5.74) is 2.67. The van der Waals surface area contributed by atoms with Gasteiger partial charge in [0.1, 0.15) is 0 Å². The lowest BCUT2D eigenvalue weighted by Gasteiger charge is -2.34. The van der Waals surface area contributed by atoms with Crippen LogP contribution < -0.4 is 5.32 Å². The van der Waals surface area contributed by atoms with E-state index in [4.69, 9.17) is 11.6 Å². The topological polar surface area (TPSA) is 32.3 Å². The summed E-state index contributed by atoms with van der Waals surface area (Å²) in [6.45, 7) is 1.65. The highest BCUT2D eigenvalue weighted by molar-refractivity contribution is 6.30. The Morgan fingerprint density at radius 3 is 2.83 bits per heavy atom. The molecule has 3 rings (SSSR count). The van der Waals surface area contributed by atoms with Crippen LogP contribution in [0.2, 0.25) is 5.02 Å². The van der Waals surface area contributed by atoms with Crippen molar-refractivity contribution in [3.05, 3.63) is 34.3 Å². The Hall–Kier alpha value is -1.06. The SMILES string of the molecule is CN1Cc2ccc(Cl)cc2C[C@@H]1CNC(=O)CCC1CCCCC1. The van der Waals surface area contributed by atoms with Crippen molar-refractivity contribution >= 4 is 17.5 Å². The molecule has 0 aromatic heterocycles. The van der Waals surface area contributed by atoms with Crippen LogP contribution in [0.25, 0.3) is 0 Å². The Labute approximate surface area is 150 Å². The van der Waals surface area contributed by atoms with Gasteiger partial charge in [-0.05, 0) is 49.1 Å². The second-order valence-corrected chi connectivity index (χ2v) is 7.97. The molecule has 1 heterocycles. The van der Waals surface area contributed by atoms with Gasteiger partial charge in [-0.15, -0.1) is 0 Å². The van der Waals surface area contributed by atoms with E-state index in [1.807, 2.05) is 6.07 Å². The number of hydrogen-bond donors (Lipinski definition) is 1. The molecule has 0 radical (unpaired) electrons. The van der Waals surface area contributed by atoms with Crippen LogP contribution >= 0.6 is 11.6 Å². The van der Waals surface area contributed by atoms with Crippen LogP contribution in [-0.2, 0) is 17.8 Å². The molecule has 1 aromatic carbocycles. The predicted octanol–water partition coefficient (Wildman–Crippen LogP) is 4.17. The van der Waals surface area contributed by atoms with Crippen molar-refractivity contribution in [1.82, 2.24) is 10.2 Å². The zero-order valence-electron chi connectivity index (χ0n) is 14.7. The van der Waals surface area contributed by atoms with Crippen molar-refractivity contribution in [2.45, 2.75) is 64.0 Å². The second kappa shape index (κ2) is 8.35. The Balaban J connectivity index is 1.44. The maximum atomic E-state index is 12.2. The van der Waals surface area contributed by atoms with Crippen molar-refractivity contribution in [2.75, 3.05) is 13.6 Å². The molecule has 1 aliphatic carbocycles. The van der Waals surface area contributed by atoms with E-state index in [9.17, 15) is 4.79 Å². The first-order valence-electron chi connectivity index (χ1n) is 9.36. The predicted molar refractivity (Wildman–Crippen MR) is 99.2 cm³/mol. The summed E-state index contributed by atoms with van der Waals surface area (Å²) in [7, 11) is 2.14. The van der Waals surface area contributed by atoms with Gasteiger partial charge in [0.05, 0.1) is 0 Å². The van der Waals surface area contributed by atoms with Gasteiger partial charge >= 0.3 is 0 Å². The van der Waals surface area contributed by atoms with Crippen molar-refractivity contribution in [1.29, 1.82) is 0 Å². The van der Waals surface area contributed by atoms with Crippen LogP contribution in [0.1, 0.15) is 56.1 Å². The van der Waals surface area contributed by atoms with Gasteiger partial charge in [-0.1, -0.05) is 49.8 Å². The van der Waals surface area contributed by atoms with Crippen molar-refractivity contribution in [3.8, 4) is 0 Å². The van der Waals surface area contributed by atoms with Gasteiger partial charge in [0.25, 0.3) is 0 Å². The molecule has 1 N–H and O–H groups in total. The fourth-order valence-corrected chi connectivity index (χ4v) is 4.30. The first kappa shape index (κ1) is 17.8. The maximum absolute atomic E-state index is 12.2. The Bertz CT molecular complexity index is 569. The number of benzene rings is 1. The molecule has 1 atom stereocenters. The van der Waals surface area contributed by atoms with Gasteiger partial charge in [0.2, 0.25) is 5.91 Å². The Morgan fingerprint density at radius 2 is 2.04 bits per heavy atom. The number of fused-ring (bicyclic) bond motifs is 1. The fourth-order valence-electron chi connectivity index (χ4n) is 4.11. The summed E-state index contributed by atoms with van der Waals surface area (Å²) in [6, 6.07) is 6.51. The lowest BCUT2D eigenvalue weighted by Crippen LogP contribution is -2.45. The minimum Gasteiger partial charge on any atom is -0.355 e. The summed E-state index contributed by atoms with van der Waals surface area (Å²) in [4.78, 5) is 14.5. The highest BCUT2D eigenvalue weighted by Gasteiger charge is 2.24. The highest BCUT2D eigenvalue weighted by Crippen LogP contribution is 2.27. The van der Waals surface area contributed by atoms with Gasteiger partial charge in [0, 0.05) is 30.6 Å². The molecule has 1 amide bonds. The monoisotopic (exact) mass is 348 g/mol. The van der Waals surface area contributed by atoms with Gasteiger partial charge in [0.15, 0.2) is 0 Å². The van der Waals surface area contributed by atoms with Gasteiger partial charge < -0.3 is 5.32 Å². The third kappa shape index (κ3) is 4.73. The number of carbonyl (C=O) groups is 1. The standard InChI is InChI=1S/C20H29ClN2O/c1-23-14-16-8-9-18(21)11-17(16)12-19(23)13-22-20(24)10-7-15-5-3-2-4-6-15/h8-9,11,15,19H,2-7,10,12-14H2,1H3,(H,22,24)/t19-/m1/s1. The summed E-state index contributed by atoms with van der Waals surface area (Å²) in [5, 5.41) is 3.95. The van der Waals surface area contributed by atoms with E-state index in [2.05, 4.69) is 29.4 Å². The quantitative estimate of drug-likeness (QED) is 0.866. The van der Waals surface area contributed by atoms with Crippen LogP contribution in [0.15, 0.2) is 18.2 Å². The molecule has 1 saturated carbocycles. The average molecular weight is 349 g/mol. The van der Waals surface area contributed by atoms with E-state index in [0.717, 1.165) is 36.9 Å². The Morgan fingerprint density at radius 1 is 1.25 bits per heavy atom. The van der Waals surface area contributed by atoms with E-state index in [1.54, 1.807) is 0 Å². The van der Waals surface area contributed by atoms with E-state index in [0.29, 0.717) is 12.5 Å². The minimum absolute atomic E-state index is 0.214. The number of nitrogens with zero attached hydrogens (tertiary/aromatic N) is 1. The highest BCUT2D eigenvalue weighted by atomic mass is 35.5. The number of halogens is 1. The molecule has 132 valence electrons. The van der Waals surface area contributed by atoms with E-state index in [1.165, 1.54) is 43.2 Å². The molecule has 24 heavy (non-hydrogen) atoms. The smallest absolute Gasteiger partial charge is 0.220 e. The average Bonchev–Trinajstić information content (AvgIpc) is 2.59. The summed E-state index contributed by atoms with van der Waals surface area (Å²) in [5.74, 6) is 0.988. The zero-order valence-corrected chi connectivity index (χ0v) is 15.4. The molecular weight excluding hydrogens is 320 g/mol. The van der Waals surface area contributed by atoms with Crippen molar-refractivity contribution in [2.24, 2.45) is 5.92 Å². The first-order valence-corrected chi connectivity index (χ1v) is 9.74. The Kier molecular flexibility index (Phi) is 6.18. The van der Waals surface area contributed by atoms with E-state index < -0.39 is 0 Å². The van der Waals surface area contributed by atoms with E-state index >= 15 is 0 Å². The fraction of sp³-hybridized carbons (Fsp3) is 0.650. The largest absolute Gasteiger partial charge is 0.355 e. The van der Waals surface area contributed by atoms with Crippen molar-refractivity contribution in [3.63, 3.8) is 0 Å². The molecular formula is C20H29ClN2O.